The fraction of sp³-hybridized carbons (Fsp3) is 0.462. The summed E-state index contributed by atoms with van der Waals surface area (Å²) in [5, 5.41) is 3.31. The van der Waals surface area contributed by atoms with E-state index in [9.17, 15) is 4.79 Å². The minimum absolute atomic E-state index is 0.142. The van der Waals surface area contributed by atoms with Gasteiger partial charge in [-0.05, 0) is 18.4 Å². The molecular formula is C13H20N2O. The average Bonchev–Trinajstić information content (AvgIpc) is 2.26. The first-order chi connectivity index (χ1) is 7.59. The smallest absolute Gasteiger partial charge is 0.218 e. The van der Waals surface area contributed by atoms with E-state index in [1.807, 2.05) is 25.1 Å². The second-order valence-corrected chi connectivity index (χ2v) is 4.29. The molecule has 0 aliphatic rings. The van der Waals surface area contributed by atoms with E-state index in [1.165, 1.54) is 5.56 Å². The molecule has 0 saturated carbocycles. The lowest BCUT2D eigenvalue weighted by Crippen LogP contribution is -2.33. The molecule has 3 N–H and O–H groups in total. The zero-order chi connectivity index (χ0) is 12.0. The molecule has 0 saturated heterocycles. The van der Waals surface area contributed by atoms with Crippen molar-refractivity contribution in [3.05, 3.63) is 35.9 Å². The number of benzene rings is 1. The molecule has 0 fully saturated rings. The first kappa shape index (κ1) is 12.7. The quantitative estimate of drug-likeness (QED) is 0.765. The highest BCUT2D eigenvalue weighted by Crippen LogP contribution is 2.13. The number of amides is 1. The van der Waals surface area contributed by atoms with Crippen LogP contribution in [0.15, 0.2) is 30.3 Å². The van der Waals surface area contributed by atoms with Crippen molar-refractivity contribution in [3.63, 3.8) is 0 Å². The highest BCUT2D eigenvalue weighted by molar-refractivity contribution is 5.74. The molecule has 0 heterocycles. The molecule has 2 atom stereocenters. The van der Waals surface area contributed by atoms with Crippen LogP contribution >= 0.6 is 0 Å². The third kappa shape index (κ3) is 4.45. The van der Waals surface area contributed by atoms with Gasteiger partial charge >= 0.3 is 0 Å². The van der Waals surface area contributed by atoms with Gasteiger partial charge in [0.05, 0.1) is 0 Å². The third-order valence-corrected chi connectivity index (χ3v) is 2.65. The van der Waals surface area contributed by atoms with Crippen molar-refractivity contribution in [2.24, 2.45) is 5.73 Å². The molecule has 0 bridgehead atoms. The third-order valence-electron chi connectivity index (χ3n) is 2.65. The summed E-state index contributed by atoms with van der Waals surface area (Å²) < 4.78 is 0. The van der Waals surface area contributed by atoms with E-state index >= 15 is 0 Å². The van der Waals surface area contributed by atoms with E-state index in [1.54, 1.807) is 0 Å². The van der Waals surface area contributed by atoms with E-state index in [4.69, 9.17) is 5.73 Å². The number of carbonyl (C=O) groups is 1. The Kier molecular flexibility index (Phi) is 4.99. The van der Waals surface area contributed by atoms with Gasteiger partial charge in [-0.2, -0.15) is 0 Å². The zero-order valence-electron chi connectivity index (χ0n) is 9.94. The molecule has 3 nitrogen and oxygen atoms in total. The van der Waals surface area contributed by atoms with Crippen LogP contribution in [0.4, 0.5) is 0 Å². The van der Waals surface area contributed by atoms with Crippen molar-refractivity contribution in [3.8, 4) is 0 Å². The van der Waals surface area contributed by atoms with Crippen LogP contribution in [0.5, 0.6) is 0 Å². The number of nitrogens with two attached hydrogens (primary N) is 1. The first-order valence-electron chi connectivity index (χ1n) is 5.66. The summed E-state index contributed by atoms with van der Waals surface area (Å²) in [5.74, 6) is 0.184. The lowest BCUT2D eigenvalue weighted by molar-refractivity contribution is -0.118. The van der Waals surface area contributed by atoms with E-state index in [0.717, 1.165) is 6.54 Å². The Morgan fingerprint density at radius 3 is 2.50 bits per heavy atom. The lowest BCUT2D eigenvalue weighted by atomic mass is 10.0. The van der Waals surface area contributed by atoms with Gasteiger partial charge in [0.15, 0.2) is 0 Å². The SMILES string of the molecule is C[C@H](CN[C@@H](C)CC(N)=O)c1ccccc1. The summed E-state index contributed by atoms with van der Waals surface area (Å²) in [4.78, 5) is 10.7. The van der Waals surface area contributed by atoms with Crippen LogP contribution in [-0.2, 0) is 4.79 Å². The van der Waals surface area contributed by atoms with Crippen molar-refractivity contribution in [1.29, 1.82) is 0 Å². The summed E-state index contributed by atoms with van der Waals surface area (Å²) in [6, 6.07) is 10.5. The normalized spacial score (nSPS) is 14.4. The summed E-state index contributed by atoms with van der Waals surface area (Å²) in [7, 11) is 0. The van der Waals surface area contributed by atoms with Crippen LogP contribution in [-0.4, -0.2) is 18.5 Å². The number of carbonyl (C=O) groups excluding carboxylic acids is 1. The fourth-order valence-electron chi connectivity index (χ4n) is 1.65. The van der Waals surface area contributed by atoms with Crippen LogP contribution in [0, 0.1) is 0 Å². The van der Waals surface area contributed by atoms with Gasteiger partial charge in [0.25, 0.3) is 0 Å². The topological polar surface area (TPSA) is 55.1 Å². The molecule has 88 valence electrons. The van der Waals surface area contributed by atoms with Crippen molar-refractivity contribution < 1.29 is 4.79 Å². The molecule has 0 aliphatic heterocycles. The largest absolute Gasteiger partial charge is 0.370 e. The minimum atomic E-state index is -0.257. The predicted molar refractivity (Wildman–Crippen MR) is 66.1 cm³/mol. The molecule has 1 amide bonds. The molecule has 0 spiro atoms. The van der Waals surface area contributed by atoms with Gasteiger partial charge in [0.2, 0.25) is 5.91 Å². The zero-order valence-corrected chi connectivity index (χ0v) is 9.94. The number of rotatable bonds is 6. The van der Waals surface area contributed by atoms with Crippen LogP contribution in [0.1, 0.15) is 31.7 Å². The van der Waals surface area contributed by atoms with Gasteiger partial charge in [-0.3, -0.25) is 4.79 Å². The number of hydrogen-bond acceptors (Lipinski definition) is 2. The molecular weight excluding hydrogens is 200 g/mol. The van der Waals surface area contributed by atoms with E-state index in [-0.39, 0.29) is 11.9 Å². The lowest BCUT2D eigenvalue weighted by Gasteiger charge is -2.17. The maximum Gasteiger partial charge on any atom is 0.218 e. The van der Waals surface area contributed by atoms with Gasteiger partial charge in [-0.1, -0.05) is 37.3 Å². The number of nitrogens with one attached hydrogen (secondary N) is 1. The Hall–Kier alpha value is -1.35. The molecule has 16 heavy (non-hydrogen) atoms. The van der Waals surface area contributed by atoms with E-state index < -0.39 is 0 Å². The molecule has 0 radical (unpaired) electrons. The molecule has 0 aromatic heterocycles. The van der Waals surface area contributed by atoms with Crippen molar-refractivity contribution in [1.82, 2.24) is 5.32 Å². The van der Waals surface area contributed by atoms with Crippen LogP contribution in [0.2, 0.25) is 0 Å². The molecule has 1 aromatic rings. The predicted octanol–water partition coefficient (Wildman–Crippen LogP) is 1.64. The molecule has 0 aliphatic carbocycles. The Bertz CT molecular complexity index is 324. The molecule has 0 unspecified atom stereocenters. The Morgan fingerprint density at radius 2 is 1.94 bits per heavy atom. The Morgan fingerprint density at radius 1 is 1.31 bits per heavy atom. The maximum atomic E-state index is 10.7. The van der Waals surface area contributed by atoms with Gasteiger partial charge in [-0.15, -0.1) is 0 Å². The van der Waals surface area contributed by atoms with E-state index in [0.29, 0.717) is 12.3 Å². The van der Waals surface area contributed by atoms with Crippen molar-refractivity contribution in [2.45, 2.75) is 32.2 Å². The van der Waals surface area contributed by atoms with Gasteiger partial charge in [0, 0.05) is 19.0 Å². The van der Waals surface area contributed by atoms with Crippen LogP contribution in [0.25, 0.3) is 0 Å². The fourth-order valence-corrected chi connectivity index (χ4v) is 1.65. The number of hydrogen-bond donors (Lipinski definition) is 2. The first-order valence-corrected chi connectivity index (χ1v) is 5.66. The summed E-state index contributed by atoms with van der Waals surface area (Å²) in [5.41, 5.74) is 6.44. The van der Waals surface area contributed by atoms with Gasteiger partial charge < -0.3 is 11.1 Å². The van der Waals surface area contributed by atoms with Crippen LogP contribution < -0.4 is 11.1 Å². The highest BCUT2D eigenvalue weighted by Gasteiger charge is 2.08. The second-order valence-electron chi connectivity index (χ2n) is 4.29. The maximum absolute atomic E-state index is 10.7. The molecule has 3 heteroatoms. The molecule has 1 rings (SSSR count). The Labute approximate surface area is 97.0 Å². The second kappa shape index (κ2) is 6.28. The summed E-state index contributed by atoms with van der Waals surface area (Å²) in [6.07, 6.45) is 0.390. The number of primary amides is 1. The van der Waals surface area contributed by atoms with Crippen LogP contribution in [0.3, 0.4) is 0 Å². The monoisotopic (exact) mass is 220 g/mol. The standard InChI is InChI=1S/C13H20N2O/c1-10(12-6-4-3-5-7-12)9-15-11(2)8-13(14)16/h3-7,10-11,15H,8-9H2,1-2H3,(H2,14,16)/t10-,11+/m1/s1. The van der Waals surface area contributed by atoms with Crippen molar-refractivity contribution >= 4 is 5.91 Å². The Balaban J connectivity index is 2.35. The van der Waals surface area contributed by atoms with Gasteiger partial charge in [0.1, 0.15) is 0 Å². The summed E-state index contributed by atoms with van der Waals surface area (Å²) >= 11 is 0. The van der Waals surface area contributed by atoms with Crippen molar-refractivity contribution in [2.75, 3.05) is 6.54 Å². The summed E-state index contributed by atoms with van der Waals surface area (Å²) in [6.45, 7) is 5.00. The van der Waals surface area contributed by atoms with E-state index in [2.05, 4.69) is 24.4 Å². The minimum Gasteiger partial charge on any atom is -0.370 e. The highest BCUT2D eigenvalue weighted by atomic mass is 16.1. The van der Waals surface area contributed by atoms with Gasteiger partial charge in [-0.25, -0.2) is 0 Å². The average molecular weight is 220 g/mol. The molecule has 1 aromatic carbocycles.